The van der Waals surface area contributed by atoms with E-state index in [0.29, 0.717) is 6.42 Å². The molecular formula is C19H30O2. The number of hydrogen-bond donors (Lipinski definition) is 1. The molecule has 21 heavy (non-hydrogen) atoms. The van der Waals surface area contributed by atoms with Crippen molar-refractivity contribution in [1.29, 1.82) is 0 Å². The lowest BCUT2D eigenvalue weighted by molar-refractivity contribution is 0.0979. The van der Waals surface area contributed by atoms with Crippen molar-refractivity contribution < 1.29 is 9.90 Å². The molecule has 0 unspecified atom stereocenters. The number of hydrogen-bond acceptors (Lipinski definition) is 2. The molecule has 0 amide bonds. The molecule has 1 aromatic rings. The highest BCUT2D eigenvalue weighted by molar-refractivity contribution is 5.96. The van der Waals surface area contributed by atoms with Crippen molar-refractivity contribution in [3.63, 3.8) is 0 Å². The largest absolute Gasteiger partial charge is 0.392 e. The fraction of sp³-hybridized carbons (Fsp3) is 0.632. The van der Waals surface area contributed by atoms with E-state index in [2.05, 4.69) is 6.92 Å². The first-order valence-corrected chi connectivity index (χ1v) is 8.51. The summed E-state index contributed by atoms with van der Waals surface area (Å²) in [5.41, 5.74) is 1.55. The summed E-state index contributed by atoms with van der Waals surface area (Å²) < 4.78 is 0. The third kappa shape index (κ3) is 8.01. The average Bonchev–Trinajstić information content (AvgIpc) is 2.53. The Morgan fingerprint density at radius 3 is 2.19 bits per heavy atom. The van der Waals surface area contributed by atoms with Crippen molar-refractivity contribution in [3.05, 3.63) is 35.4 Å². The Hall–Kier alpha value is -1.15. The van der Waals surface area contributed by atoms with Gasteiger partial charge in [0, 0.05) is 12.0 Å². The Morgan fingerprint density at radius 2 is 1.57 bits per heavy atom. The number of Topliss-reactive ketones (excluding diaryl/α,β-unsaturated/α-hetero) is 1. The Kier molecular flexibility index (Phi) is 9.81. The van der Waals surface area contributed by atoms with Gasteiger partial charge in [-0.15, -0.1) is 0 Å². The summed E-state index contributed by atoms with van der Waals surface area (Å²) in [7, 11) is 0. The van der Waals surface area contributed by atoms with Crippen LogP contribution in [0.1, 0.15) is 87.1 Å². The standard InChI is InChI=1S/C19H30O2/c1-2-3-4-5-6-7-8-9-10-14-19(21)18-13-11-12-17(15-18)16-20/h11-13,15,20H,2-10,14,16H2,1H3. The second-order valence-corrected chi connectivity index (χ2v) is 5.86. The second-order valence-electron chi connectivity index (χ2n) is 5.86. The maximum atomic E-state index is 12.0. The number of benzene rings is 1. The summed E-state index contributed by atoms with van der Waals surface area (Å²) in [6, 6.07) is 7.33. The lowest BCUT2D eigenvalue weighted by Crippen LogP contribution is -2.00. The molecule has 2 heteroatoms. The molecule has 1 N–H and O–H groups in total. The van der Waals surface area contributed by atoms with E-state index < -0.39 is 0 Å². The summed E-state index contributed by atoms with van der Waals surface area (Å²) >= 11 is 0. The summed E-state index contributed by atoms with van der Waals surface area (Å²) in [6.45, 7) is 2.24. The number of aliphatic hydroxyl groups is 1. The van der Waals surface area contributed by atoms with E-state index in [4.69, 9.17) is 5.11 Å². The van der Waals surface area contributed by atoms with Gasteiger partial charge in [0.1, 0.15) is 0 Å². The van der Waals surface area contributed by atoms with Gasteiger partial charge in [0.15, 0.2) is 5.78 Å². The van der Waals surface area contributed by atoms with Crippen LogP contribution in [0, 0.1) is 0 Å². The minimum absolute atomic E-state index is 0.000842. The predicted octanol–water partition coefficient (Wildman–Crippen LogP) is 5.28. The van der Waals surface area contributed by atoms with E-state index in [1.807, 2.05) is 18.2 Å². The topological polar surface area (TPSA) is 37.3 Å². The molecule has 2 nitrogen and oxygen atoms in total. The SMILES string of the molecule is CCCCCCCCCCCC(=O)c1cccc(CO)c1. The van der Waals surface area contributed by atoms with Crippen LogP contribution in [0.15, 0.2) is 24.3 Å². The van der Waals surface area contributed by atoms with Crippen molar-refractivity contribution in [2.75, 3.05) is 0 Å². The first-order valence-electron chi connectivity index (χ1n) is 8.51. The van der Waals surface area contributed by atoms with Gasteiger partial charge in [0.2, 0.25) is 0 Å². The first kappa shape index (κ1) is 17.9. The van der Waals surface area contributed by atoms with E-state index in [9.17, 15) is 4.79 Å². The highest BCUT2D eigenvalue weighted by Gasteiger charge is 2.05. The molecule has 1 aromatic carbocycles. The summed E-state index contributed by atoms with van der Waals surface area (Å²) in [5, 5.41) is 9.08. The normalized spacial score (nSPS) is 10.8. The van der Waals surface area contributed by atoms with Crippen LogP contribution < -0.4 is 0 Å². The van der Waals surface area contributed by atoms with Gasteiger partial charge in [-0.05, 0) is 18.1 Å². The first-order chi connectivity index (χ1) is 10.3. The molecular weight excluding hydrogens is 260 g/mol. The van der Waals surface area contributed by atoms with Crippen molar-refractivity contribution >= 4 is 5.78 Å². The van der Waals surface area contributed by atoms with Crippen LogP contribution in [-0.4, -0.2) is 10.9 Å². The van der Waals surface area contributed by atoms with Crippen LogP contribution in [0.4, 0.5) is 0 Å². The van der Waals surface area contributed by atoms with Crippen LogP contribution in [0.3, 0.4) is 0 Å². The second kappa shape index (κ2) is 11.5. The van der Waals surface area contributed by atoms with Crippen LogP contribution >= 0.6 is 0 Å². The molecule has 0 aliphatic heterocycles. The summed E-state index contributed by atoms with van der Waals surface area (Å²) in [5.74, 6) is 0.202. The minimum atomic E-state index is -0.000842. The smallest absolute Gasteiger partial charge is 0.162 e. The molecule has 118 valence electrons. The molecule has 0 aliphatic rings. The molecule has 1 rings (SSSR count). The van der Waals surface area contributed by atoms with Crippen molar-refractivity contribution in [1.82, 2.24) is 0 Å². The zero-order valence-electron chi connectivity index (χ0n) is 13.4. The van der Waals surface area contributed by atoms with Gasteiger partial charge in [-0.1, -0.05) is 76.5 Å². The number of carbonyl (C=O) groups excluding carboxylic acids is 1. The van der Waals surface area contributed by atoms with Crippen LogP contribution in [0.2, 0.25) is 0 Å². The van der Waals surface area contributed by atoms with Gasteiger partial charge in [-0.3, -0.25) is 4.79 Å². The van der Waals surface area contributed by atoms with Crippen LogP contribution in [-0.2, 0) is 6.61 Å². The summed E-state index contributed by atoms with van der Waals surface area (Å²) in [4.78, 5) is 12.0. The van der Waals surface area contributed by atoms with E-state index in [-0.39, 0.29) is 12.4 Å². The maximum absolute atomic E-state index is 12.0. The van der Waals surface area contributed by atoms with E-state index in [0.717, 1.165) is 24.0 Å². The number of ketones is 1. The predicted molar refractivity (Wildman–Crippen MR) is 88.5 cm³/mol. The number of carbonyl (C=O) groups is 1. The molecule has 0 aromatic heterocycles. The van der Waals surface area contributed by atoms with E-state index >= 15 is 0 Å². The zero-order valence-corrected chi connectivity index (χ0v) is 13.4. The van der Waals surface area contributed by atoms with Crippen LogP contribution in [0.5, 0.6) is 0 Å². The van der Waals surface area contributed by atoms with Gasteiger partial charge in [0.25, 0.3) is 0 Å². The van der Waals surface area contributed by atoms with Gasteiger partial charge in [0.05, 0.1) is 6.61 Å². The average molecular weight is 290 g/mol. The Labute approximate surface area is 129 Å². The fourth-order valence-electron chi connectivity index (χ4n) is 2.58. The van der Waals surface area contributed by atoms with Crippen molar-refractivity contribution in [3.8, 4) is 0 Å². The Morgan fingerprint density at radius 1 is 0.952 bits per heavy atom. The third-order valence-electron chi connectivity index (χ3n) is 3.94. The molecule has 0 spiro atoms. The summed E-state index contributed by atoms with van der Waals surface area (Å²) in [6.07, 6.45) is 12.1. The number of rotatable bonds is 12. The van der Waals surface area contributed by atoms with Crippen LogP contribution in [0.25, 0.3) is 0 Å². The monoisotopic (exact) mass is 290 g/mol. The van der Waals surface area contributed by atoms with Gasteiger partial charge in [-0.25, -0.2) is 0 Å². The van der Waals surface area contributed by atoms with Crippen molar-refractivity contribution in [2.45, 2.75) is 77.7 Å². The minimum Gasteiger partial charge on any atom is -0.392 e. The third-order valence-corrected chi connectivity index (χ3v) is 3.94. The molecule has 0 aliphatic carbocycles. The quantitative estimate of drug-likeness (QED) is 0.420. The highest BCUT2D eigenvalue weighted by atomic mass is 16.3. The number of aliphatic hydroxyl groups excluding tert-OH is 1. The highest BCUT2D eigenvalue weighted by Crippen LogP contribution is 2.13. The molecule has 0 radical (unpaired) electrons. The lowest BCUT2D eigenvalue weighted by atomic mass is 10.0. The molecule has 0 heterocycles. The van der Waals surface area contributed by atoms with Gasteiger partial charge >= 0.3 is 0 Å². The van der Waals surface area contributed by atoms with E-state index in [1.165, 1.54) is 44.9 Å². The van der Waals surface area contributed by atoms with Gasteiger partial charge in [-0.2, -0.15) is 0 Å². The molecule has 0 atom stereocenters. The molecule has 0 bridgehead atoms. The Balaban J connectivity index is 2.08. The van der Waals surface area contributed by atoms with E-state index in [1.54, 1.807) is 6.07 Å². The maximum Gasteiger partial charge on any atom is 0.162 e. The van der Waals surface area contributed by atoms with Crippen molar-refractivity contribution in [2.24, 2.45) is 0 Å². The molecule has 0 fully saturated rings. The zero-order chi connectivity index (χ0) is 15.3. The van der Waals surface area contributed by atoms with Gasteiger partial charge < -0.3 is 5.11 Å². The molecule has 0 saturated carbocycles. The molecule has 0 saturated heterocycles. The fourth-order valence-corrected chi connectivity index (χ4v) is 2.58. The number of unbranched alkanes of at least 4 members (excludes halogenated alkanes) is 8. The lowest BCUT2D eigenvalue weighted by Gasteiger charge is -2.04. The Bertz CT molecular complexity index is 398.